The van der Waals surface area contributed by atoms with Crippen molar-refractivity contribution in [3.63, 3.8) is 0 Å². The fourth-order valence-electron chi connectivity index (χ4n) is 1.79. The smallest absolute Gasteiger partial charge is 0.191 e. The first-order chi connectivity index (χ1) is 8.59. The van der Waals surface area contributed by atoms with Crippen molar-refractivity contribution < 1.29 is 5.11 Å². The molecule has 1 saturated heterocycles. The predicted octanol–water partition coefficient (Wildman–Crippen LogP) is 1.94. The summed E-state index contributed by atoms with van der Waals surface area (Å²) < 4.78 is 0. The standard InChI is InChI=1S/C12H19N3OS2.HI/c1-12(16,10-2-5-18-8-10)9-14-11(13)15-3-6-17-7-4-15;/h2,5,8,16H,3-4,6-7,9H2,1H3,(H2,13,14);1H. The number of hydrogen-bond donors (Lipinski definition) is 2. The van der Waals surface area contributed by atoms with Gasteiger partial charge >= 0.3 is 0 Å². The van der Waals surface area contributed by atoms with Crippen molar-refractivity contribution in [2.24, 2.45) is 10.7 Å². The average molecular weight is 413 g/mol. The highest BCUT2D eigenvalue weighted by Crippen LogP contribution is 2.23. The van der Waals surface area contributed by atoms with Crippen molar-refractivity contribution in [1.82, 2.24) is 4.90 Å². The summed E-state index contributed by atoms with van der Waals surface area (Å²) in [7, 11) is 0. The molecule has 0 amide bonds. The second-order valence-corrected chi connectivity index (χ2v) is 6.56. The number of guanidine groups is 1. The Morgan fingerprint density at radius 1 is 1.53 bits per heavy atom. The van der Waals surface area contributed by atoms with Crippen molar-refractivity contribution in [2.75, 3.05) is 31.1 Å². The lowest BCUT2D eigenvalue weighted by Crippen LogP contribution is -2.43. The molecule has 1 fully saturated rings. The van der Waals surface area contributed by atoms with E-state index in [1.54, 1.807) is 18.3 Å². The molecule has 1 aromatic heterocycles. The fourth-order valence-corrected chi connectivity index (χ4v) is 3.48. The summed E-state index contributed by atoms with van der Waals surface area (Å²) in [5.74, 6) is 2.74. The Morgan fingerprint density at radius 2 is 2.21 bits per heavy atom. The second-order valence-electron chi connectivity index (χ2n) is 4.56. The second kappa shape index (κ2) is 7.70. The largest absolute Gasteiger partial charge is 0.383 e. The number of halogens is 1. The highest BCUT2D eigenvalue weighted by molar-refractivity contribution is 14.0. The van der Waals surface area contributed by atoms with E-state index in [-0.39, 0.29) is 24.0 Å². The Hall–Kier alpha value is 0.01000. The molecule has 1 unspecified atom stereocenters. The summed E-state index contributed by atoms with van der Waals surface area (Å²) in [4.78, 5) is 6.42. The molecular weight excluding hydrogens is 393 g/mol. The number of thiophene rings is 1. The maximum absolute atomic E-state index is 10.3. The van der Waals surface area contributed by atoms with Gasteiger partial charge in [-0.15, -0.1) is 24.0 Å². The molecule has 3 N–H and O–H groups in total. The van der Waals surface area contributed by atoms with Crippen molar-refractivity contribution in [3.05, 3.63) is 22.4 Å². The zero-order chi connectivity index (χ0) is 13.0. The minimum Gasteiger partial charge on any atom is -0.383 e. The van der Waals surface area contributed by atoms with E-state index >= 15 is 0 Å². The van der Waals surface area contributed by atoms with E-state index in [1.165, 1.54) is 0 Å². The Morgan fingerprint density at radius 3 is 2.79 bits per heavy atom. The maximum atomic E-state index is 10.3. The number of rotatable bonds is 3. The van der Waals surface area contributed by atoms with Gasteiger partial charge in [-0.05, 0) is 29.3 Å². The van der Waals surface area contributed by atoms with Crippen LogP contribution in [0.15, 0.2) is 21.8 Å². The van der Waals surface area contributed by atoms with Crippen LogP contribution in [0.4, 0.5) is 0 Å². The van der Waals surface area contributed by atoms with Crippen LogP contribution in [-0.2, 0) is 5.60 Å². The molecule has 4 nitrogen and oxygen atoms in total. The number of nitrogens with zero attached hydrogens (tertiary/aromatic N) is 2. The lowest BCUT2D eigenvalue weighted by atomic mass is 10.00. The first-order valence-electron chi connectivity index (χ1n) is 5.97. The molecule has 1 aliphatic rings. The SMILES string of the molecule is CC(O)(CN=C(N)N1CCSCC1)c1ccsc1.I. The molecule has 7 heteroatoms. The van der Waals surface area contributed by atoms with Crippen LogP contribution in [0.3, 0.4) is 0 Å². The van der Waals surface area contributed by atoms with Crippen LogP contribution in [0, 0.1) is 0 Å². The van der Waals surface area contributed by atoms with Crippen molar-refractivity contribution >= 4 is 53.0 Å². The van der Waals surface area contributed by atoms with Crippen LogP contribution in [-0.4, -0.2) is 47.1 Å². The normalized spacial score (nSPS) is 19.7. The number of nitrogens with two attached hydrogens (primary N) is 1. The Labute approximate surface area is 139 Å². The minimum atomic E-state index is -0.935. The Bertz CT molecular complexity index is 403. The third kappa shape index (κ3) is 4.80. The Balaban J connectivity index is 0.00000180. The molecule has 2 rings (SSSR count). The Kier molecular flexibility index (Phi) is 6.92. The van der Waals surface area contributed by atoms with Gasteiger partial charge in [0.15, 0.2) is 5.96 Å². The molecule has 1 atom stereocenters. The van der Waals surface area contributed by atoms with Gasteiger partial charge in [0, 0.05) is 24.6 Å². The monoisotopic (exact) mass is 413 g/mol. The first kappa shape index (κ1) is 17.1. The van der Waals surface area contributed by atoms with Gasteiger partial charge in [0.25, 0.3) is 0 Å². The van der Waals surface area contributed by atoms with E-state index in [0.717, 1.165) is 30.2 Å². The summed E-state index contributed by atoms with van der Waals surface area (Å²) in [5.41, 5.74) is 5.93. The van der Waals surface area contributed by atoms with Crippen LogP contribution in [0.25, 0.3) is 0 Å². The molecule has 0 radical (unpaired) electrons. The molecule has 19 heavy (non-hydrogen) atoms. The summed E-state index contributed by atoms with van der Waals surface area (Å²) in [6.45, 7) is 3.97. The third-order valence-electron chi connectivity index (χ3n) is 3.03. The molecule has 1 aromatic rings. The summed E-state index contributed by atoms with van der Waals surface area (Å²) in [6, 6.07) is 1.92. The van der Waals surface area contributed by atoms with Crippen LogP contribution in [0.1, 0.15) is 12.5 Å². The van der Waals surface area contributed by atoms with Crippen LogP contribution >= 0.6 is 47.1 Å². The predicted molar refractivity (Wildman–Crippen MR) is 94.7 cm³/mol. The third-order valence-corrected chi connectivity index (χ3v) is 4.65. The van der Waals surface area contributed by atoms with Crippen LogP contribution in [0.2, 0.25) is 0 Å². The molecule has 108 valence electrons. The molecule has 0 aliphatic carbocycles. The van der Waals surface area contributed by atoms with Crippen LogP contribution in [0.5, 0.6) is 0 Å². The van der Waals surface area contributed by atoms with Gasteiger partial charge in [0.2, 0.25) is 0 Å². The molecule has 0 bridgehead atoms. The van der Waals surface area contributed by atoms with Gasteiger partial charge in [0.1, 0.15) is 5.60 Å². The highest BCUT2D eigenvalue weighted by Gasteiger charge is 2.23. The number of aliphatic imine (C=N–C) groups is 1. The first-order valence-corrected chi connectivity index (χ1v) is 8.07. The summed E-state index contributed by atoms with van der Waals surface area (Å²) in [6.07, 6.45) is 0. The molecule has 0 aromatic carbocycles. The van der Waals surface area contributed by atoms with E-state index < -0.39 is 5.60 Å². The average Bonchev–Trinajstić information content (AvgIpc) is 2.92. The zero-order valence-corrected chi connectivity index (χ0v) is 14.9. The number of hydrogen-bond acceptors (Lipinski definition) is 4. The maximum Gasteiger partial charge on any atom is 0.191 e. The quantitative estimate of drug-likeness (QED) is 0.452. The van der Waals surface area contributed by atoms with Crippen molar-refractivity contribution in [2.45, 2.75) is 12.5 Å². The highest BCUT2D eigenvalue weighted by atomic mass is 127. The van der Waals surface area contributed by atoms with Crippen molar-refractivity contribution in [3.8, 4) is 0 Å². The topological polar surface area (TPSA) is 61.9 Å². The van der Waals surface area contributed by atoms with E-state index in [4.69, 9.17) is 5.73 Å². The minimum absolute atomic E-state index is 0. The zero-order valence-electron chi connectivity index (χ0n) is 10.9. The van der Waals surface area contributed by atoms with Gasteiger partial charge < -0.3 is 15.7 Å². The van der Waals surface area contributed by atoms with E-state index in [2.05, 4.69) is 9.89 Å². The van der Waals surface area contributed by atoms with E-state index in [9.17, 15) is 5.11 Å². The lowest BCUT2D eigenvalue weighted by molar-refractivity contribution is 0.0675. The van der Waals surface area contributed by atoms with Gasteiger partial charge in [-0.3, -0.25) is 0 Å². The molecular formula is C12H20IN3OS2. The van der Waals surface area contributed by atoms with Gasteiger partial charge in [-0.2, -0.15) is 23.1 Å². The molecule has 2 heterocycles. The van der Waals surface area contributed by atoms with Crippen LogP contribution < -0.4 is 5.73 Å². The fraction of sp³-hybridized carbons (Fsp3) is 0.583. The van der Waals surface area contributed by atoms with Gasteiger partial charge in [-0.1, -0.05) is 0 Å². The van der Waals surface area contributed by atoms with Crippen molar-refractivity contribution in [1.29, 1.82) is 0 Å². The molecule has 1 aliphatic heterocycles. The summed E-state index contributed by atoms with van der Waals surface area (Å²) in [5, 5.41) is 14.2. The number of thioether (sulfide) groups is 1. The number of aliphatic hydroxyl groups is 1. The molecule has 0 spiro atoms. The molecule has 0 saturated carbocycles. The lowest BCUT2D eigenvalue weighted by Gasteiger charge is -2.28. The summed E-state index contributed by atoms with van der Waals surface area (Å²) >= 11 is 3.51. The van der Waals surface area contributed by atoms with E-state index in [0.29, 0.717) is 12.5 Å². The van der Waals surface area contributed by atoms with E-state index in [1.807, 2.05) is 28.6 Å². The van der Waals surface area contributed by atoms with Gasteiger partial charge in [0.05, 0.1) is 6.54 Å². The van der Waals surface area contributed by atoms with Gasteiger partial charge in [-0.25, -0.2) is 4.99 Å².